The third-order valence-corrected chi connectivity index (χ3v) is 6.27. The maximum absolute atomic E-state index is 12.3. The number of hydrogen-bond acceptors (Lipinski definition) is 7. The lowest BCUT2D eigenvalue weighted by Gasteiger charge is -2.45. The fourth-order valence-corrected chi connectivity index (χ4v) is 5.25. The third kappa shape index (κ3) is 1.46. The Morgan fingerprint density at radius 1 is 1.59 bits per heavy atom. The van der Waals surface area contributed by atoms with Crippen LogP contribution in [0.3, 0.4) is 0 Å². The van der Waals surface area contributed by atoms with Crippen LogP contribution in [0.25, 0.3) is 0 Å². The van der Waals surface area contributed by atoms with Crippen LogP contribution in [-0.2, 0) is 20.9 Å². The Balaban J connectivity index is 1.46. The number of fused-ring (bicyclic) bond motifs is 3. The molecule has 1 aliphatic carbocycles. The van der Waals surface area contributed by atoms with Gasteiger partial charge in [0, 0.05) is 6.42 Å². The zero-order valence-corrected chi connectivity index (χ0v) is 12.3. The summed E-state index contributed by atoms with van der Waals surface area (Å²) < 4.78 is 0.782. The van der Waals surface area contributed by atoms with E-state index in [-0.39, 0.29) is 23.7 Å². The minimum Gasteiger partial charge on any atom is -0.479 e. The van der Waals surface area contributed by atoms with Crippen LogP contribution < -0.4 is 5.32 Å². The molecule has 0 spiro atoms. The van der Waals surface area contributed by atoms with Crippen molar-refractivity contribution in [2.24, 2.45) is 0 Å². The summed E-state index contributed by atoms with van der Waals surface area (Å²) in [6, 6.07) is -0.685. The van der Waals surface area contributed by atoms with Gasteiger partial charge in [0.25, 0.3) is 0 Å². The summed E-state index contributed by atoms with van der Waals surface area (Å²) in [7, 11) is 0. The predicted octanol–water partition coefficient (Wildman–Crippen LogP) is -1.94. The summed E-state index contributed by atoms with van der Waals surface area (Å²) in [5.74, 6) is -1.70. The molecule has 3 unspecified atom stereocenters. The van der Waals surface area contributed by atoms with Crippen molar-refractivity contribution in [2.45, 2.75) is 41.6 Å². The highest BCUT2D eigenvalue weighted by atomic mass is 32.2. The lowest BCUT2D eigenvalue weighted by Crippen LogP contribution is -2.72. The first kappa shape index (κ1) is 13.5. The number of carbonyl (C=O) groups is 3. The Morgan fingerprint density at radius 2 is 2.36 bits per heavy atom. The molecule has 4 atom stereocenters. The zero-order chi connectivity index (χ0) is 15.7. The van der Waals surface area contributed by atoms with Gasteiger partial charge in [-0.2, -0.15) is 0 Å². The van der Waals surface area contributed by atoms with Crippen molar-refractivity contribution in [3.05, 3.63) is 6.33 Å². The van der Waals surface area contributed by atoms with Crippen LogP contribution in [0.2, 0.25) is 0 Å². The van der Waals surface area contributed by atoms with Gasteiger partial charge in [0.2, 0.25) is 11.8 Å². The van der Waals surface area contributed by atoms with Gasteiger partial charge in [-0.1, -0.05) is 0 Å². The average molecular weight is 324 g/mol. The first-order valence-electron chi connectivity index (χ1n) is 6.64. The number of amides is 2. The normalized spacial score (nSPS) is 38.0. The summed E-state index contributed by atoms with van der Waals surface area (Å²) in [4.78, 5) is 37.1. The number of carboxylic acid groups (broad SMARTS) is 1. The van der Waals surface area contributed by atoms with Crippen LogP contribution >= 0.6 is 11.8 Å². The molecule has 0 aromatic carbocycles. The molecule has 1 saturated carbocycles. The van der Waals surface area contributed by atoms with Gasteiger partial charge >= 0.3 is 5.97 Å². The first-order chi connectivity index (χ1) is 10.4. The topological polar surface area (TPSA) is 130 Å². The Labute approximate surface area is 128 Å². The molecule has 2 N–H and O–H groups in total. The number of nitrogens with one attached hydrogen (secondary N) is 1. The number of aliphatic carboxylic acids is 1. The lowest BCUT2D eigenvalue weighted by atomic mass is 10.0. The molecule has 2 amide bonds. The van der Waals surface area contributed by atoms with Gasteiger partial charge in [-0.25, -0.2) is 9.48 Å². The minimum absolute atomic E-state index is 0.0878. The molecule has 10 nitrogen and oxygen atoms in total. The van der Waals surface area contributed by atoms with Crippen molar-refractivity contribution < 1.29 is 19.5 Å². The molecule has 22 heavy (non-hydrogen) atoms. The van der Waals surface area contributed by atoms with E-state index in [1.165, 1.54) is 27.7 Å². The number of nitrogens with zero attached hydrogens (tertiary/aromatic N) is 5. The maximum atomic E-state index is 12.3. The van der Waals surface area contributed by atoms with E-state index in [4.69, 9.17) is 0 Å². The third-order valence-electron chi connectivity index (χ3n) is 4.55. The van der Waals surface area contributed by atoms with E-state index in [1.54, 1.807) is 0 Å². The number of hydrogen-bond donors (Lipinski definition) is 2. The molecule has 2 aliphatic heterocycles. The molecule has 2 saturated heterocycles. The van der Waals surface area contributed by atoms with Gasteiger partial charge in [-0.05, 0) is 17.4 Å². The van der Waals surface area contributed by atoms with E-state index in [9.17, 15) is 19.5 Å². The highest BCUT2D eigenvalue weighted by Gasteiger charge is 2.85. The van der Waals surface area contributed by atoms with Crippen molar-refractivity contribution in [1.29, 1.82) is 0 Å². The summed E-state index contributed by atoms with van der Waals surface area (Å²) in [5, 5.41) is 22.2. The standard InChI is InChI=1S/C11H12N6O4S/c1-10-3-11(10,9(20)21)17-7(19)6(8(17)22-10)13-5(18)2-16-4-12-14-15-16/h4,6,8H,2-3H2,1H3,(H,13,18)(H,20,21)/t6?,8-,10?,11?/m0/s1. The number of tetrazole rings is 1. The molecular weight excluding hydrogens is 312 g/mol. The van der Waals surface area contributed by atoms with Gasteiger partial charge in [-0.15, -0.1) is 16.9 Å². The van der Waals surface area contributed by atoms with E-state index >= 15 is 0 Å². The maximum Gasteiger partial charge on any atom is 0.331 e. The number of β-lactam (4-membered cyclic amide) rings is 1. The quantitative estimate of drug-likeness (QED) is 0.612. The minimum atomic E-state index is -1.10. The molecule has 1 aromatic heterocycles. The van der Waals surface area contributed by atoms with E-state index in [1.807, 2.05) is 6.92 Å². The molecule has 0 radical (unpaired) electrons. The summed E-state index contributed by atoms with van der Waals surface area (Å²) in [6.07, 6.45) is 1.75. The number of carbonyl (C=O) groups excluding carboxylic acids is 2. The summed E-state index contributed by atoms with van der Waals surface area (Å²) in [6.45, 7) is 1.76. The van der Waals surface area contributed by atoms with Gasteiger partial charge in [0.05, 0.1) is 4.75 Å². The van der Waals surface area contributed by atoms with Crippen molar-refractivity contribution in [3.8, 4) is 0 Å². The van der Waals surface area contributed by atoms with Crippen molar-refractivity contribution in [2.75, 3.05) is 0 Å². The van der Waals surface area contributed by atoms with Crippen LogP contribution in [0.4, 0.5) is 0 Å². The van der Waals surface area contributed by atoms with Gasteiger partial charge in [0.1, 0.15) is 24.3 Å². The number of thioether (sulfide) groups is 1. The second kappa shape index (κ2) is 3.97. The molecule has 1 aromatic rings. The Bertz CT molecular complexity index is 695. The van der Waals surface area contributed by atoms with E-state index < -0.39 is 22.3 Å². The predicted molar refractivity (Wildman–Crippen MR) is 71.4 cm³/mol. The Kier molecular flexibility index (Phi) is 2.43. The molecule has 0 bridgehead atoms. The molecule has 11 heteroatoms. The highest BCUT2D eigenvalue weighted by Crippen LogP contribution is 2.71. The smallest absolute Gasteiger partial charge is 0.331 e. The van der Waals surface area contributed by atoms with Crippen LogP contribution in [0, 0.1) is 0 Å². The number of rotatable bonds is 4. The molecule has 3 heterocycles. The largest absolute Gasteiger partial charge is 0.479 e. The van der Waals surface area contributed by atoms with Crippen molar-refractivity contribution in [3.63, 3.8) is 0 Å². The number of aromatic nitrogens is 4. The fourth-order valence-electron chi connectivity index (χ4n) is 3.34. The van der Waals surface area contributed by atoms with Gasteiger partial charge < -0.3 is 15.3 Å². The SMILES string of the molecule is CC12CC1(C(=O)O)N1C(=O)C(NC(=O)Cn3cnnn3)[C@@H]1S2. The van der Waals surface area contributed by atoms with Crippen LogP contribution in [0.15, 0.2) is 6.33 Å². The molecular formula is C11H12N6O4S. The summed E-state index contributed by atoms with van der Waals surface area (Å²) >= 11 is 1.44. The number of carboxylic acids is 1. The van der Waals surface area contributed by atoms with Gasteiger partial charge in [0.15, 0.2) is 5.54 Å². The molecule has 3 fully saturated rings. The van der Waals surface area contributed by atoms with Gasteiger partial charge in [-0.3, -0.25) is 9.59 Å². The second-order valence-electron chi connectivity index (χ2n) is 5.84. The van der Waals surface area contributed by atoms with Crippen LogP contribution in [0.5, 0.6) is 0 Å². The Morgan fingerprint density at radius 3 is 3.00 bits per heavy atom. The average Bonchev–Trinajstić information content (AvgIpc) is 2.79. The van der Waals surface area contributed by atoms with Crippen LogP contribution in [-0.4, -0.2) is 69.7 Å². The zero-order valence-electron chi connectivity index (χ0n) is 11.5. The second-order valence-corrected chi connectivity index (χ2v) is 7.46. The lowest BCUT2D eigenvalue weighted by molar-refractivity contribution is -0.163. The fraction of sp³-hybridized carbons (Fsp3) is 0.636. The van der Waals surface area contributed by atoms with Crippen LogP contribution in [0.1, 0.15) is 13.3 Å². The monoisotopic (exact) mass is 324 g/mol. The highest BCUT2D eigenvalue weighted by molar-refractivity contribution is 8.02. The van der Waals surface area contributed by atoms with Crippen molar-refractivity contribution >= 4 is 29.5 Å². The first-order valence-corrected chi connectivity index (χ1v) is 7.51. The molecule has 3 aliphatic rings. The van der Waals surface area contributed by atoms with E-state index in [0.717, 1.165) is 0 Å². The summed E-state index contributed by atoms with van der Waals surface area (Å²) in [5.41, 5.74) is -1.10. The molecule has 116 valence electrons. The van der Waals surface area contributed by atoms with Crippen molar-refractivity contribution in [1.82, 2.24) is 30.4 Å². The Hall–Kier alpha value is -2.17. The van der Waals surface area contributed by atoms with E-state index in [0.29, 0.717) is 6.42 Å². The molecule has 4 rings (SSSR count). The van der Waals surface area contributed by atoms with E-state index in [2.05, 4.69) is 20.8 Å².